The highest BCUT2D eigenvalue weighted by molar-refractivity contribution is 5.79. The monoisotopic (exact) mass is 192 g/mol. The van der Waals surface area contributed by atoms with E-state index in [0.29, 0.717) is 5.76 Å². The molecule has 0 fully saturated rings. The van der Waals surface area contributed by atoms with E-state index < -0.39 is 0 Å². The van der Waals surface area contributed by atoms with Crippen molar-refractivity contribution >= 4 is 5.91 Å². The second-order valence-corrected chi connectivity index (χ2v) is 2.96. The first-order valence-electron chi connectivity index (χ1n) is 4.27. The Kier molecular flexibility index (Phi) is 3.29. The van der Waals surface area contributed by atoms with Crippen LogP contribution in [0.4, 0.5) is 0 Å². The average Bonchev–Trinajstić information content (AvgIpc) is 2.46. The number of hydrogen-bond acceptors (Lipinski definition) is 3. The van der Waals surface area contributed by atoms with Crippen LogP contribution < -0.4 is 5.32 Å². The van der Waals surface area contributed by atoms with Crippen molar-refractivity contribution in [3.8, 4) is 12.3 Å². The van der Waals surface area contributed by atoms with Gasteiger partial charge in [-0.15, -0.1) is 6.42 Å². The summed E-state index contributed by atoms with van der Waals surface area (Å²) in [6, 6.07) is 0. The van der Waals surface area contributed by atoms with Crippen LogP contribution in [0.1, 0.15) is 17.0 Å². The van der Waals surface area contributed by atoms with Crippen molar-refractivity contribution in [1.82, 2.24) is 10.5 Å². The van der Waals surface area contributed by atoms with Crippen molar-refractivity contribution in [1.29, 1.82) is 0 Å². The zero-order valence-electron chi connectivity index (χ0n) is 8.26. The number of carbonyl (C=O) groups excluding carboxylic acids is 1. The van der Waals surface area contributed by atoms with Gasteiger partial charge in [0.05, 0.1) is 18.7 Å². The number of aromatic nitrogens is 1. The van der Waals surface area contributed by atoms with Crippen LogP contribution in [0.5, 0.6) is 0 Å². The van der Waals surface area contributed by atoms with Crippen LogP contribution in [0.15, 0.2) is 4.52 Å². The predicted octanol–water partition coefficient (Wildman–Crippen LogP) is 0.583. The van der Waals surface area contributed by atoms with Crippen molar-refractivity contribution in [3.63, 3.8) is 0 Å². The van der Waals surface area contributed by atoms with Gasteiger partial charge in [0.1, 0.15) is 5.76 Å². The van der Waals surface area contributed by atoms with Gasteiger partial charge in [-0.3, -0.25) is 4.79 Å². The zero-order chi connectivity index (χ0) is 10.6. The number of hydrogen-bond donors (Lipinski definition) is 1. The smallest absolute Gasteiger partial charge is 0.225 e. The molecule has 0 bridgehead atoms. The summed E-state index contributed by atoms with van der Waals surface area (Å²) in [6.07, 6.45) is 5.28. The molecule has 0 aliphatic heterocycles. The van der Waals surface area contributed by atoms with Gasteiger partial charge in [0.2, 0.25) is 5.91 Å². The zero-order valence-corrected chi connectivity index (χ0v) is 8.26. The molecular formula is C10H12N2O2. The van der Waals surface area contributed by atoms with E-state index in [1.54, 1.807) is 13.8 Å². The lowest BCUT2D eigenvalue weighted by Crippen LogP contribution is -2.25. The summed E-state index contributed by atoms with van der Waals surface area (Å²) < 4.78 is 4.93. The van der Waals surface area contributed by atoms with Crippen molar-refractivity contribution in [2.45, 2.75) is 20.3 Å². The van der Waals surface area contributed by atoms with E-state index >= 15 is 0 Å². The third kappa shape index (κ3) is 2.36. The average molecular weight is 192 g/mol. The second kappa shape index (κ2) is 4.47. The van der Waals surface area contributed by atoms with Gasteiger partial charge in [0, 0.05) is 5.56 Å². The number of rotatable bonds is 3. The minimum absolute atomic E-state index is 0.114. The van der Waals surface area contributed by atoms with E-state index in [1.807, 2.05) is 0 Å². The van der Waals surface area contributed by atoms with Gasteiger partial charge in [-0.05, 0) is 13.8 Å². The molecule has 1 heterocycles. The largest absolute Gasteiger partial charge is 0.361 e. The van der Waals surface area contributed by atoms with Gasteiger partial charge < -0.3 is 9.84 Å². The molecule has 0 aliphatic rings. The molecule has 0 unspecified atom stereocenters. The van der Waals surface area contributed by atoms with Crippen molar-refractivity contribution in [2.24, 2.45) is 0 Å². The normalized spacial score (nSPS) is 9.50. The first-order valence-corrected chi connectivity index (χ1v) is 4.27. The summed E-state index contributed by atoms with van der Waals surface area (Å²) >= 11 is 0. The summed E-state index contributed by atoms with van der Waals surface area (Å²) in [5, 5.41) is 6.33. The molecule has 0 radical (unpaired) electrons. The number of carbonyl (C=O) groups is 1. The maximum absolute atomic E-state index is 11.3. The molecule has 1 amide bonds. The molecule has 1 aromatic rings. The molecule has 0 atom stereocenters. The first kappa shape index (κ1) is 10.3. The number of aryl methyl sites for hydroxylation is 2. The number of terminal acetylenes is 1. The summed E-state index contributed by atoms with van der Waals surface area (Å²) in [7, 11) is 0. The molecule has 0 spiro atoms. The standard InChI is InChI=1S/C10H12N2O2/c1-4-5-11-10(13)6-9-7(2)12-14-8(9)3/h1H,5-6H2,2-3H3,(H,11,13). The Bertz CT molecular complexity index is 354. The van der Waals surface area contributed by atoms with E-state index in [4.69, 9.17) is 10.9 Å². The fourth-order valence-corrected chi connectivity index (χ4v) is 1.13. The van der Waals surface area contributed by atoms with Gasteiger partial charge in [0.25, 0.3) is 0 Å². The van der Waals surface area contributed by atoms with Crippen LogP contribution in [-0.4, -0.2) is 17.6 Å². The number of nitrogens with zero attached hydrogens (tertiary/aromatic N) is 1. The van der Waals surface area contributed by atoms with Crippen molar-refractivity contribution < 1.29 is 9.32 Å². The number of amides is 1. The minimum atomic E-state index is -0.114. The lowest BCUT2D eigenvalue weighted by atomic mass is 10.1. The van der Waals surface area contributed by atoms with Crippen molar-refractivity contribution in [2.75, 3.05) is 6.54 Å². The van der Waals surface area contributed by atoms with E-state index in [2.05, 4.69) is 16.4 Å². The van der Waals surface area contributed by atoms with Crippen LogP contribution in [0.25, 0.3) is 0 Å². The molecule has 0 aliphatic carbocycles. The van der Waals surface area contributed by atoms with E-state index in [-0.39, 0.29) is 18.9 Å². The molecular weight excluding hydrogens is 180 g/mol. The minimum Gasteiger partial charge on any atom is -0.361 e. The maximum atomic E-state index is 11.3. The van der Waals surface area contributed by atoms with Gasteiger partial charge in [0.15, 0.2) is 0 Å². The Balaban J connectivity index is 2.61. The quantitative estimate of drug-likeness (QED) is 0.713. The molecule has 4 nitrogen and oxygen atoms in total. The number of nitrogens with one attached hydrogen (secondary N) is 1. The molecule has 0 saturated carbocycles. The Morgan fingerprint density at radius 3 is 2.86 bits per heavy atom. The molecule has 1 N–H and O–H groups in total. The summed E-state index contributed by atoms with van der Waals surface area (Å²) in [4.78, 5) is 11.3. The molecule has 0 aromatic carbocycles. The van der Waals surface area contributed by atoms with Crippen LogP contribution in [-0.2, 0) is 11.2 Å². The van der Waals surface area contributed by atoms with Gasteiger partial charge in [-0.1, -0.05) is 11.1 Å². The highest BCUT2D eigenvalue weighted by Crippen LogP contribution is 2.12. The molecule has 74 valence electrons. The molecule has 1 rings (SSSR count). The third-order valence-corrected chi connectivity index (χ3v) is 1.91. The lowest BCUT2D eigenvalue weighted by Gasteiger charge is -2.00. The molecule has 14 heavy (non-hydrogen) atoms. The Morgan fingerprint density at radius 1 is 1.64 bits per heavy atom. The Morgan fingerprint density at radius 2 is 2.36 bits per heavy atom. The summed E-state index contributed by atoms with van der Waals surface area (Å²) in [6.45, 7) is 3.84. The fourth-order valence-electron chi connectivity index (χ4n) is 1.13. The van der Waals surface area contributed by atoms with Crippen LogP contribution >= 0.6 is 0 Å². The highest BCUT2D eigenvalue weighted by Gasteiger charge is 2.12. The molecule has 4 heteroatoms. The Labute approximate surface area is 82.7 Å². The first-order chi connectivity index (χ1) is 6.65. The van der Waals surface area contributed by atoms with Gasteiger partial charge in [-0.25, -0.2) is 0 Å². The topological polar surface area (TPSA) is 55.1 Å². The maximum Gasteiger partial charge on any atom is 0.225 e. The predicted molar refractivity (Wildman–Crippen MR) is 51.5 cm³/mol. The summed E-state index contributed by atoms with van der Waals surface area (Å²) in [5.41, 5.74) is 1.58. The summed E-state index contributed by atoms with van der Waals surface area (Å²) in [5.74, 6) is 2.90. The van der Waals surface area contributed by atoms with Crippen LogP contribution in [0, 0.1) is 26.2 Å². The molecule has 1 aromatic heterocycles. The Hall–Kier alpha value is -1.76. The van der Waals surface area contributed by atoms with E-state index in [0.717, 1.165) is 11.3 Å². The fraction of sp³-hybridized carbons (Fsp3) is 0.400. The molecule has 0 saturated heterocycles. The van der Waals surface area contributed by atoms with Gasteiger partial charge >= 0.3 is 0 Å². The third-order valence-electron chi connectivity index (χ3n) is 1.91. The van der Waals surface area contributed by atoms with E-state index in [9.17, 15) is 4.79 Å². The van der Waals surface area contributed by atoms with Crippen LogP contribution in [0.2, 0.25) is 0 Å². The highest BCUT2D eigenvalue weighted by atomic mass is 16.5. The van der Waals surface area contributed by atoms with Crippen LogP contribution in [0.3, 0.4) is 0 Å². The van der Waals surface area contributed by atoms with Gasteiger partial charge in [-0.2, -0.15) is 0 Å². The SMILES string of the molecule is C#CCNC(=O)Cc1c(C)noc1C. The van der Waals surface area contributed by atoms with E-state index in [1.165, 1.54) is 0 Å². The lowest BCUT2D eigenvalue weighted by molar-refractivity contribution is -0.120. The van der Waals surface area contributed by atoms with Crippen molar-refractivity contribution in [3.05, 3.63) is 17.0 Å². The second-order valence-electron chi connectivity index (χ2n) is 2.96.